The largest absolute Gasteiger partial charge is 0.444 e. The van der Waals surface area contributed by atoms with Gasteiger partial charge in [0.2, 0.25) is 0 Å². The van der Waals surface area contributed by atoms with Crippen LogP contribution in [0.1, 0.15) is 66.2 Å². The second kappa shape index (κ2) is 6.99. The van der Waals surface area contributed by atoms with E-state index in [-0.39, 0.29) is 6.09 Å². The molecule has 2 fully saturated rings. The Kier molecular flexibility index (Phi) is 5.53. The number of amides is 1. The zero-order valence-electron chi connectivity index (χ0n) is 14.1. The van der Waals surface area contributed by atoms with Gasteiger partial charge in [0.1, 0.15) is 5.60 Å². The SMILES string of the molecule is CCC1CC1NC1CCCCC1CNC(=O)OC(C)(C)C. The first-order chi connectivity index (χ1) is 9.89. The van der Waals surface area contributed by atoms with E-state index in [4.69, 9.17) is 4.74 Å². The number of ether oxygens (including phenoxy) is 1. The quantitative estimate of drug-likeness (QED) is 0.817. The van der Waals surface area contributed by atoms with Crippen molar-refractivity contribution in [3.05, 3.63) is 0 Å². The summed E-state index contributed by atoms with van der Waals surface area (Å²) in [6.07, 6.45) is 7.37. The van der Waals surface area contributed by atoms with Crippen LogP contribution in [0.5, 0.6) is 0 Å². The van der Waals surface area contributed by atoms with Crippen molar-refractivity contribution in [2.75, 3.05) is 6.54 Å². The molecule has 0 aliphatic heterocycles. The van der Waals surface area contributed by atoms with Crippen molar-refractivity contribution in [1.29, 1.82) is 0 Å². The van der Waals surface area contributed by atoms with Crippen molar-refractivity contribution < 1.29 is 9.53 Å². The Bertz CT molecular complexity index is 351. The van der Waals surface area contributed by atoms with Gasteiger partial charge in [0.15, 0.2) is 0 Å². The first-order valence-corrected chi connectivity index (χ1v) is 8.62. The lowest BCUT2D eigenvalue weighted by Crippen LogP contribution is -2.46. The zero-order chi connectivity index (χ0) is 15.5. The lowest BCUT2D eigenvalue weighted by Gasteiger charge is -2.33. The Morgan fingerprint density at radius 2 is 1.86 bits per heavy atom. The van der Waals surface area contributed by atoms with Gasteiger partial charge in [-0.25, -0.2) is 4.79 Å². The molecule has 2 aliphatic carbocycles. The summed E-state index contributed by atoms with van der Waals surface area (Å²) in [6.45, 7) is 8.70. The minimum Gasteiger partial charge on any atom is -0.444 e. The summed E-state index contributed by atoms with van der Waals surface area (Å²) in [5.41, 5.74) is -0.420. The normalized spacial score (nSPS) is 32.6. The maximum Gasteiger partial charge on any atom is 0.407 e. The molecule has 4 atom stereocenters. The molecular weight excluding hydrogens is 264 g/mol. The third-order valence-electron chi connectivity index (χ3n) is 4.69. The van der Waals surface area contributed by atoms with Gasteiger partial charge in [-0.05, 0) is 51.9 Å². The van der Waals surface area contributed by atoms with E-state index >= 15 is 0 Å². The molecule has 0 aromatic heterocycles. The molecule has 4 nitrogen and oxygen atoms in total. The standard InChI is InChI=1S/C17H32N2O2/c1-5-12-10-15(12)19-14-9-7-6-8-13(14)11-18-16(20)21-17(2,3)4/h12-15,19H,5-11H2,1-4H3,(H,18,20). The summed E-state index contributed by atoms with van der Waals surface area (Å²) in [6, 6.07) is 1.29. The summed E-state index contributed by atoms with van der Waals surface area (Å²) < 4.78 is 5.32. The minimum atomic E-state index is -0.420. The molecule has 4 unspecified atom stereocenters. The van der Waals surface area contributed by atoms with Gasteiger partial charge in [-0.3, -0.25) is 0 Å². The molecule has 2 N–H and O–H groups in total. The number of hydrogen-bond acceptors (Lipinski definition) is 3. The average molecular weight is 296 g/mol. The highest BCUT2D eigenvalue weighted by Gasteiger charge is 2.38. The number of carbonyl (C=O) groups is 1. The van der Waals surface area contributed by atoms with Crippen LogP contribution in [0.2, 0.25) is 0 Å². The fraction of sp³-hybridized carbons (Fsp3) is 0.941. The Morgan fingerprint density at radius 3 is 2.48 bits per heavy atom. The molecular formula is C17H32N2O2. The van der Waals surface area contributed by atoms with E-state index in [1.165, 1.54) is 38.5 Å². The van der Waals surface area contributed by atoms with E-state index in [0.717, 1.165) is 18.5 Å². The van der Waals surface area contributed by atoms with E-state index in [0.29, 0.717) is 12.0 Å². The molecule has 0 bridgehead atoms. The van der Waals surface area contributed by atoms with Crippen LogP contribution in [0.3, 0.4) is 0 Å². The van der Waals surface area contributed by atoms with Gasteiger partial charge in [0.05, 0.1) is 0 Å². The number of alkyl carbamates (subject to hydrolysis) is 1. The molecule has 0 heterocycles. The molecule has 0 aromatic carbocycles. The van der Waals surface area contributed by atoms with E-state index in [9.17, 15) is 4.79 Å². The zero-order valence-corrected chi connectivity index (χ0v) is 14.1. The average Bonchev–Trinajstić information content (AvgIpc) is 3.14. The summed E-state index contributed by atoms with van der Waals surface area (Å²) >= 11 is 0. The van der Waals surface area contributed by atoms with Crippen molar-refractivity contribution >= 4 is 6.09 Å². The van der Waals surface area contributed by atoms with Crippen molar-refractivity contribution in [3.63, 3.8) is 0 Å². The maximum absolute atomic E-state index is 11.8. The van der Waals surface area contributed by atoms with Crippen molar-refractivity contribution in [3.8, 4) is 0 Å². The van der Waals surface area contributed by atoms with Crippen LogP contribution in [-0.2, 0) is 4.74 Å². The van der Waals surface area contributed by atoms with E-state index < -0.39 is 5.60 Å². The van der Waals surface area contributed by atoms with Gasteiger partial charge in [-0.15, -0.1) is 0 Å². The van der Waals surface area contributed by atoms with Gasteiger partial charge < -0.3 is 15.4 Å². The number of hydrogen-bond donors (Lipinski definition) is 2. The monoisotopic (exact) mass is 296 g/mol. The molecule has 2 aliphatic rings. The predicted molar refractivity (Wildman–Crippen MR) is 85.3 cm³/mol. The second-order valence-corrected chi connectivity index (χ2v) is 7.71. The van der Waals surface area contributed by atoms with Crippen molar-refractivity contribution in [1.82, 2.24) is 10.6 Å². The smallest absolute Gasteiger partial charge is 0.407 e. The fourth-order valence-corrected chi connectivity index (χ4v) is 3.38. The molecule has 0 radical (unpaired) electrons. The number of carbonyl (C=O) groups excluding carboxylic acids is 1. The first-order valence-electron chi connectivity index (χ1n) is 8.62. The fourth-order valence-electron chi connectivity index (χ4n) is 3.38. The van der Waals surface area contributed by atoms with Crippen molar-refractivity contribution in [2.45, 2.75) is 83.9 Å². The van der Waals surface area contributed by atoms with E-state index in [2.05, 4.69) is 17.6 Å². The topological polar surface area (TPSA) is 50.4 Å². The van der Waals surface area contributed by atoms with Crippen LogP contribution in [0.25, 0.3) is 0 Å². The molecule has 0 aromatic rings. The van der Waals surface area contributed by atoms with Crippen LogP contribution < -0.4 is 10.6 Å². The maximum atomic E-state index is 11.8. The lowest BCUT2D eigenvalue weighted by molar-refractivity contribution is 0.0510. The van der Waals surface area contributed by atoms with Gasteiger partial charge in [0, 0.05) is 18.6 Å². The highest BCUT2D eigenvalue weighted by atomic mass is 16.6. The molecule has 0 spiro atoms. The van der Waals surface area contributed by atoms with Crippen LogP contribution in [-0.4, -0.2) is 30.3 Å². The third-order valence-corrected chi connectivity index (χ3v) is 4.69. The highest BCUT2D eigenvalue weighted by molar-refractivity contribution is 5.67. The molecule has 122 valence electrons. The Labute approximate surface area is 129 Å². The summed E-state index contributed by atoms with van der Waals surface area (Å²) in [7, 11) is 0. The van der Waals surface area contributed by atoms with Gasteiger partial charge in [-0.2, -0.15) is 0 Å². The highest BCUT2D eigenvalue weighted by Crippen LogP contribution is 2.35. The van der Waals surface area contributed by atoms with Gasteiger partial charge >= 0.3 is 6.09 Å². The molecule has 2 rings (SSSR count). The Morgan fingerprint density at radius 1 is 1.14 bits per heavy atom. The summed E-state index contributed by atoms with van der Waals surface area (Å²) in [5.74, 6) is 1.43. The molecule has 2 saturated carbocycles. The molecule has 1 amide bonds. The second-order valence-electron chi connectivity index (χ2n) is 7.71. The predicted octanol–water partition coefficient (Wildman–Crippen LogP) is 3.46. The lowest BCUT2D eigenvalue weighted by atomic mass is 9.84. The van der Waals surface area contributed by atoms with E-state index in [1.807, 2.05) is 20.8 Å². The molecule has 0 saturated heterocycles. The van der Waals surface area contributed by atoms with Crippen LogP contribution >= 0.6 is 0 Å². The van der Waals surface area contributed by atoms with Gasteiger partial charge in [-0.1, -0.05) is 26.2 Å². The third kappa shape index (κ3) is 5.50. The Balaban J connectivity index is 1.75. The molecule has 21 heavy (non-hydrogen) atoms. The van der Waals surface area contributed by atoms with Crippen LogP contribution in [0, 0.1) is 11.8 Å². The number of nitrogens with one attached hydrogen (secondary N) is 2. The van der Waals surface area contributed by atoms with Crippen LogP contribution in [0.15, 0.2) is 0 Å². The first kappa shape index (κ1) is 16.6. The van der Waals surface area contributed by atoms with Gasteiger partial charge in [0.25, 0.3) is 0 Å². The summed E-state index contributed by atoms with van der Waals surface area (Å²) in [4.78, 5) is 11.8. The summed E-state index contributed by atoms with van der Waals surface area (Å²) in [5, 5.41) is 6.78. The molecule has 4 heteroatoms. The Hall–Kier alpha value is -0.770. The van der Waals surface area contributed by atoms with Crippen molar-refractivity contribution in [2.24, 2.45) is 11.8 Å². The van der Waals surface area contributed by atoms with Crippen LogP contribution in [0.4, 0.5) is 4.79 Å². The minimum absolute atomic E-state index is 0.287. The van der Waals surface area contributed by atoms with E-state index in [1.54, 1.807) is 0 Å². The number of rotatable bonds is 5.